The van der Waals surface area contributed by atoms with Crippen LogP contribution in [0.2, 0.25) is 0 Å². The molecule has 0 bridgehead atoms. The molecule has 1 saturated heterocycles. The Hall–Kier alpha value is -1.85. The van der Waals surface area contributed by atoms with Gasteiger partial charge >= 0.3 is 0 Å². The van der Waals surface area contributed by atoms with Crippen molar-refractivity contribution in [2.45, 2.75) is 43.9 Å². The average molecular weight is 411 g/mol. The van der Waals surface area contributed by atoms with E-state index in [0.29, 0.717) is 6.42 Å². The molecule has 3 aromatic rings. The van der Waals surface area contributed by atoms with Gasteiger partial charge in [-0.15, -0.1) is 0 Å². The smallest absolute Gasteiger partial charge is 0.224 e. The zero-order valence-electron chi connectivity index (χ0n) is 16.0. The van der Waals surface area contributed by atoms with E-state index in [-0.39, 0.29) is 5.91 Å². The summed E-state index contributed by atoms with van der Waals surface area (Å²) in [6.45, 7) is 0.855. The van der Waals surface area contributed by atoms with E-state index in [4.69, 9.17) is 0 Å². The summed E-state index contributed by atoms with van der Waals surface area (Å²) in [5.41, 5.74) is 3.36. The van der Waals surface area contributed by atoms with Crippen molar-refractivity contribution >= 4 is 44.1 Å². The molecule has 1 aliphatic rings. The summed E-state index contributed by atoms with van der Waals surface area (Å²) in [5.74, 6) is 1.40. The van der Waals surface area contributed by atoms with Gasteiger partial charge in [-0.1, -0.05) is 58.3 Å². The molecule has 1 amide bonds. The van der Waals surface area contributed by atoms with E-state index >= 15 is 0 Å². The monoisotopic (exact) mass is 410 g/mol. The quantitative estimate of drug-likeness (QED) is 0.347. The van der Waals surface area contributed by atoms with E-state index in [1.165, 1.54) is 29.7 Å². The molecule has 5 heteroatoms. The van der Waals surface area contributed by atoms with E-state index < -0.39 is 0 Å². The van der Waals surface area contributed by atoms with Crippen LogP contribution in [0, 0.1) is 0 Å². The first kappa shape index (κ1) is 19.5. The van der Waals surface area contributed by atoms with Crippen LogP contribution < -0.4 is 5.32 Å². The second-order valence-corrected chi connectivity index (χ2v) is 10.1. The van der Waals surface area contributed by atoms with Crippen LogP contribution >= 0.6 is 21.6 Å². The van der Waals surface area contributed by atoms with Crippen molar-refractivity contribution < 1.29 is 4.79 Å². The number of hydrogen-bond acceptors (Lipinski definition) is 3. The van der Waals surface area contributed by atoms with Gasteiger partial charge in [0.05, 0.1) is 0 Å². The van der Waals surface area contributed by atoms with Crippen molar-refractivity contribution in [1.82, 2.24) is 4.57 Å². The van der Waals surface area contributed by atoms with Crippen LogP contribution in [0.15, 0.2) is 60.8 Å². The van der Waals surface area contributed by atoms with Gasteiger partial charge in [-0.2, -0.15) is 0 Å². The van der Waals surface area contributed by atoms with Crippen LogP contribution in [0.5, 0.6) is 0 Å². The van der Waals surface area contributed by atoms with Gasteiger partial charge in [0.25, 0.3) is 0 Å². The molecule has 1 fully saturated rings. The Bertz CT molecular complexity index is 917. The third kappa shape index (κ3) is 5.15. The second-order valence-electron chi connectivity index (χ2n) is 7.33. The summed E-state index contributed by atoms with van der Waals surface area (Å²) < 4.78 is 2.25. The molecule has 3 nitrogen and oxygen atoms in total. The van der Waals surface area contributed by atoms with Gasteiger partial charge < -0.3 is 9.88 Å². The van der Waals surface area contributed by atoms with Gasteiger partial charge in [-0.25, -0.2) is 0 Å². The number of amides is 1. The van der Waals surface area contributed by atoms with E-state index in [9.17, 15) is 4.79 Å². The molecular formula is C23H26N2OS2. The van der Waals surface area contributed by atoms with Crippen LogP contribution in [0.4, 0.5) is 5.69 Å². The number of benzene rings is 2. The summed E-state index contributed by atoms with van der Waals surface area (Å²) in [4.78, 5) is 12.3. The topological polar surface area (TPSA) is 34.0 Å². The Labute approximate surface area is 174 Å². The van der Waals surface area contributed by atoms with Gasteiger partial charge in [0.1, 0.15) is 0 Å². The van der Waals surface area contributed by atoms with E-state index in [1.54, 1.807) is 0 Å². The first-order valence-corrected chi connectivity index (χ1v) is 12.4. The third-order valence-corrected chi connectivity index (χ3v) is 8.16. The molecule has 0 radical (unpaired) electrons. The van der Waals surface area contributed by atoms with Gasteiger partial charge in [0, 0.05) is 46.8 Å². The molecular weight excluding hydrogens is 384 g/mol. The zero-order valence-corrected chi connectivity index (χ0v) is 17.6. The number of hydrogen-bond donors (Lipinski definition) is 1. The summed E-state index contributed by atoms with van der Waals surface area (Å²) in [6.07, 6.45) is 7.41. The van der Waals surface area contributed by atoms with Crippen LogP contribution in [0.3, 0.4) is 0 Å². The molecule has 0 spiro atoms. The molecule has 1 aromatic heterocycles. The Morgan fingerprint density at radius 2 is 2.00 bits per heavy atom. The number of rotatable bonds is 8. The maximum atomic E-state index is 12.3. The molecule has 0 aliphatic carbocycles. The summed E-state index contributed by atoms with van der Waals surface area (Å²) in [5, 5.41) is 5.02. The maximum Gasteiger partial charge on any atom is 0.224 e. The molecule has 2 heterocycles. The fourth-order valence-corrected chi connectivity index (χ4v) is 6.67. The van der Waals surface area contributed by atoms with Crippen molar-refractivity contribution in [3.63, 3.8) is 0 Å². The zero-order chi connectivity index (χ0) is 19.2. The van der Waals surface area contributed by atoms with Gasteiger partial charge in [0.15, 0.2) is 0 Å². The van der Waals surface area contributed by atoms with Crippen molar-refractivity contribution in [3.8, 4) is 0 Å². The first-order valence-electron chi connectivity index (χ1n) is 9.99. The van der Waals surface area contributed by atoms with Gasteiger partial charge in [-0.05, 0) is 49.1 Å². The largest absolute Gasteiger partial charge is 0.343 e. The van der Waals surface area contributed by atoms with E-state index in [2.05, 4.69) is 58.5 Å². The lowest BCUT2D eigenvalue weighted by atomic mass is 10.1. The molecule has 1 unspecified atom stereocenters. The molecule has 1 aliphatic heterocycles. The Morgan fingerprint density at radius 1 is 1.11 bits per heavy atom. The number of unbranched alkanes of at least 4 members (excludes halogenated alkanes) is 1. The highest BCUT2D eigenvalue weighted by molar-refractivity contribution is 8.77. The summed E-state index contributed by atoms with van der Waals surface area (Å²) >= 11 is 0. The van der Waals surface area contributed by atoms with Crippen molar-refractivity contribution in [2.24, 2.45) is 0 Å². The lowest BCUT2D eigenvalue weighted by Crippen LogP contribution is -2.11. The lowest BCUT2D eigenvalue weighted by Gasteiger charge is -2.09. The molecule has 146 valence electrons. The van der Waals surface area contributed by atoms with Crippen LogP contribution in [-0.4, -0.2) is 21.5 Å². The van der Waals surface area contributed by atoms with Crippen LogP contribution in [0.1, 0.15) is 37.7 Å². The van der Waals surface area contributed by atoms with Gasteiger partial charge in [0.2, 0.25) is 5.91 Å². The average Bonchev–Trinajstić information content (AvgIpc) is 3.36. The fraction of sp³-hybridized carbons (Fsp3) is 0.348. The third-order valence-electron chi connectivity index (χ3n) is 5.16. The Morgan fingerprint density at radius 3 is 2.82 bits per heavy atom. The number of anilines is 1. The molecule has 0 saturated carbocycles. The number of nitrogens with zero attached hydrogens (tertiary/aromatic N) is 1. The number of carbonyl (C=O) groups excluding carboxylic acids is 1. The second kappa shape index (κ2) is 9.57. The molecule has 1 atom stereocenters. The molecule has 4 rings (SSSR count). The maximum absolute atomic E-state index is 12.3. The van der Waals surface area contributed by atoms with Gasteiger partial charge in [-0.3, -0.25) is 4.79 Å². The predicted octanol–water partition coefficient (Wildman–Crippen LogP) is 6.34. The molecule has 1 N–H and O–H groups in total. The SMILES string of the molecule is O=C(CCCCC1CCSS1)Nc1ccc2c(ccn2Cc2ccccc2)c1. The Balaban J connectivity index is 1.30. The minimum Gasteiger partial charge on any atom is -0.343 e. The van der Waals surface area contributed by atoms with Crippen molar-refractivity contribution in [3.05, 3.63) is 66.4 Å². The standard InChI is InChI=1S/C23H26N2OS2/c26-23(9-5-4-8-21-13-15-27-28-21)24-20-10-11-22-19(16-20)12-14-25(22)17-18-6-2-1-3-7-18/h1-3,6-7,10-12,14,16,21H,4-5,8-9,13,15,17H2,(H,24,26). The number of carbonyl (C=O) groups is 1. The predicted molar refractivity (Wildman–Crippen MR) is 123 cm³/mol. The fourth-order valence-electron chi connectivity index (χ4n) is 3.64. The first-order chi connectivity index (χ1) is 13.8. The van der Waals surface area contributed by atoms with E-state index in [0.717, 1.165) is 35.7 Å². The number of nitrogens with one attached hydrogen (secondary N) is 1. The van der Waals surface area contributed by atoms with Crippen molar-refractivity contribution in [2.75, 3.05) is 11.1 Å². The normalized spacial score (nSPS) is 16.5. The van der Waals surface area contributed by atoms with Crippen molar-refractivity contribution in [1.29, 1.82) is 0 Å². The van der Waals surface area contributed by atoms with Crippen LogP contribution in [-0.2, 0) is 11.3 Å². The molecule has 28 heavy (non-hydrogen) atoms. The minimum absolute atomic E-state index is 0.122. The lowest BCUT2D eigenvalue weighted by molar-refractivity contribution is -0.116. The van der Waals surface area contributed by atoms with Crippen LogP contribution in [0.25, 0.3) is 10.9 Å². The summed E-state index contributed by atoms with van der Waals surface area (Å²) in [7, 11) is 4.01. The summed E-state index contributed by atoms with van der Waals surface area (Å²) in [6, 6.07) is 18.8. The minimum atomic E-state index is 0.122. The Kier molecular flexibility index (Phi) is 6.65. The highest BCUT2D eigenvalue weighted by atomic mass is 33.1. The number of fused-ring (bicyclic) bond motifs is 1. The molecule has 2 aromatic carbocycles. The highest BCUT2D eigenvalue weighted by Crippen LogP contribution is 2.39. The highest BCUT2D eigenvalue weighted by Gasteiger charge is 2.15. The van der Waals surface area contributed by atoms with E-state index in [1.807, 2.05) is 33.7 Å². The number of aromatic nitrogens is 1.